The lowest BCUT2D eigenvalue weighted by molar-refractivity contribution is 0.102. The summed E-state index contributed by atoms with van der Waals surface area (Å²) < 4.78 is 0. The van der Waals surface area contributed by atoms with E-state index in [1.165, 1.54) is 37.1 Å². The standard InChI is InChI=1S/C30H31N3O/c1-3-22-6-8-24(9-7-22)25-10-12-26(13-11-25)30(34)32-28-18-29-27(16-21(28)2)17-23(19-31-29)20-33-14-4-5-15-33/h6-13,16-19H,3-5,14-15,20H2,1-2H3,(H,32,34). The Hall–Kier alpha value is -3.50. The number of amides is 1. The summed E-state index contributed by atoms with van der Waals surface area (Å²) in [5.74, 6) is -0.110. The number of rotatable bonds is 6. The molecule has 1 aromatic heterocycles. The van der Waals surface area contributed by atoms with Gasteiger partial charge in [-0.25, -0.2) is 0 Å². The second kappa shape index (κ2) is 9.78. The molecule has 172 valence electrons. The molecule has 0 atom stereocenters. The van der Waals surface area contributed by atoms with Crippen LogP contribution in [-0.4, -0.2) is 28.9 Å². The minimum atomic E-state index is -0.110. The zero-order valence-electron chi connectivity index (χ0n) is 20.0. The average molecular weight is 450 g/mol. The van der Waals surface area contributed by atoms with Crippen molar-refractivity contribution in [3.8, 4) is 11.1 Å². The summed E-state index contributed by atoms with van der Waals surface area (Å²) in [7, 11) is 0. The van der Waals surface area contributed by atoms with Crippen molar-refractivity contribution in [3.05, 3.63) is 95.2 Å². The van der Waals surface area contributed by atoms with Crippen molar-refractivity contribution in [2.75, 3.05) is 18.4 Å². The van der Waals surface area contributed by atoms with Gasteiger partial charge in [0.05, 0.1) is 5.52 Å². The van der Waals surface area contributed by atoms with Gasteiger partial charge in [0.25, 0.3) is 5.91 Å². The van der Waals surface area contributed by atoms with Gasteiger partial charge >= 0.3 is 0 Å². The normalized spacial score (nSPS) is 13.9. The van der Waals surface area contributed by atoms with E-state index < -0.39 is 0 Å². The molecular formula is C30H31N3O. The second-order valence-electron chi connectivity index (χ2n) is 9.27. The molecule has 4 heteroatoms. The van der Waals surface area contributed by atoms with Gasteiger partial charge in [-0.2, -0.15) is 0 Å². The van der Waals surface area contributed by atoms with Crippen molar-refractivity contribution in [1.29, 1.82) is 0 Å². The number of nitrogens with zero attached hydrogens (tertiary/aromatic N) is 2. The summed E-state index contributed by atoms with van der Waals surface area (Å²) in [5.41, 5.74) is 8.21. The van der Waals surface area contributed by atoms with Crippen molar-refractivity contribution in [2.45, 2.75) is 39.7 Å². The Morgan fingerprint density at radius 2 is 1.59 bits per heavy atom. The molecule has 0 unspecified atom stereocenters. The summed E-state index contributed by atoms with van der Waals surface area (Å²) in [6, 6.07) is 22.7. The number of aryl methyl sites for hydroxylation is 2. The first-order chi connectivity index (χ1) is 16.6. The van der Waals surface area contributed by atoms with Gasteiger partial charge in [-0.3, -0.25) is 14.7 Å². The first-order valence-corrected chi connectivity index (χ1v) is 12.2. The van der Waals surface area contributed by atoms with E-state index in [4.69, 9.17) is 0 Å². The third kappa shape index (κ3) is 4.87. The van der Waals surface area contributed by atoms with Gasteiger partial charge < -0.3 is 5.32 Å². The molecule has 0 saturated carbocycles. The number of anilines is 1. The van der Waals surface area contributed by atoms with Crippen LogP contribution in [0.3, 0.4) is 0 Å². The highest BCUT2D eigenvalue weighted by Crippen LogP contribution is 2.25. The van der Waals surface area contributed by atoms with Crippen molar-refractivity contribution in [3.63, 3.8) is 0 Å². The summed E-state index contributed by atoms with van der Waals surface area (Å²) >= 11 is 0. The topological polar surface area (TPSA) is 45.2 Å². The number of benzene rings is 3. The molecule has 34 heavy (non-hydrogen) atoms. The summed E-state index contributed by atoms with van der Waals surface area (Å²) in [5, 5.41) is 4.20. The maximum Gasteiger partial charge on any atom is 0.255 e. The number of nitrogens with one attached hydrogen (secondary N) is 1. The van der Waals surface area contributed by atoms with Gasteiger partial charge in [0.1, 0.15) is 0 Å². The van der Waals surface area contributed by atoms with E-state index in [0.29, 0.717) is 5.56 Å². The minimum absolute atomic E-state index is 0.110. The molecule has 0 radical (unpaired) electrons. The Morgan fingerprint density at radius 1 is 0.912 bits per heavy atom. The Labute approximate surface area is 201 Å². The number of aromatic nitrogens is 1. The summed E-state index contributed by atoms with van der Waals surface area (Å²) in [6.07, 6.45) is 5.58. The van der Waals surface area contributed by atoms with Crippen molar-refractivity contribution in [2.24, 2.45) is 0 Å². The Kier molecular flexibility index (Phi) is 6.41. The number of likely N-dealkylation sites (tertiary alicyclic amines) is 1. The van der Waals surface area contributed by atoms with Crippen LogP contribution >= 0.6 is 0 Å². The van der Waals surface area contributed by atoms with Gasteiger partial charge in [-0.15, -0.1) is 0 Å². The molecular weight excluding hydrogens is 418 g/mol. The smallest absolute Gasteiger partial charge is 0.255 e. The van der Waals surface area contributed by atoms with Crippen molar-refractivity contribution >= 4 is 22.5 Å². The molecule has 1 aliphatic rings. The van der Waals surface area contributed by atoms with E-state index in [-0.39, 0.29) is 5.91 Å². The van der Waals surface area contributed by atoms with Crippen molar-refractivity contribution in [1.82, 2.24) is 9.88 Å². The Morgan fingerprint density at radius 3 is 2.26 bits per heavy atom. The number of hydrogen-bond acceptors (Lipinski definition) is 3. The molecule has 2 heterocycles. The fourth-order valence-electron chi connectivity index (χ4n) is 4.70. The summed E-state index contributed by atoms with van der Waals surface area (Å²) in [6.45, 7) is 7.50. The molecule has 1 fully saturated rings. The fourth-order valence-corrected chi connectivity index (χ4v) is 4.70. The highest BCUT2D eigenvalue weighted by atomic mass is 16.1. The van der Waals surface area contributed by atoms with Crippen LogP contribution < -0.4 is 5.32 Å². The van der Waals surface area contributed by atoms with Crippen LogP contribution in [0.1, 0.15) is 46.8 Å². The van der Waals surface area contributed by atoms with E-state index in [0.717, 1.165) is 46.2 Å². The van der Waals surface area contributed by atoms with E-state index in [9.17, 15) is 4.79 Å². The van der Waals surface area contributed by atoms with Gasteiger partial charge in [-0.1, -0.05) is 43.3 Å². The quantitative estimate of drug-likeness (QED) is 0.360. The van der Waals surface area contributed by atoms with Crippen LogP contribution in [0.2, 0.25) is 0 Å². The predicted molar refractivity (Wildman–Crippen MR) is 140 cm³/mol. The zero-order valence-corrected chi connectivity index (χ0v) is 20.0. The number of carbonyl (C=O) groups is 1. The monoisotopic (exact) mass is 449 g/mol. The zero-order chi connectivity index (χ0) is 23.5. The first-order valence-electron chi connectivity index (χ1n) is 12.2. The molecule has 4 nitrogen and oxygen atoms in total. The molecule has 3 aromatic carbocycles. The molecule has 4 aromatic rings. The van der Waals surface area contributed by atoms with Gasteiger partial charge in [0.2, 0.25) is 0 Å². The predicted octanol–water partition coefficient (Wildman–Crippen LogP) is 6.62. The lowest BCUT2D eigenvalue weighted by Crippen LogP contribution is -2.18. The van der Waals surface area contributed by atoms with E-state index in [1.54, 1.807) is 0 Å². The molecule has 1 amide bonds. The highest BCUT2D eigenvalue weighted by molar-refractivity contribution is 6.05. The SMILES string of the molecule is CCc1ccc(-c2ccc(C(=O)Nc3cc4ncc(CN5CCCC5)cc4cc3C)cc2)cc1. The lowest BCUT2D eigenvalue weighted by atomic mass is 10.0. The average Bonchev–Trinajstić information content (AvgIpc) is 3.38. The molecule has 1 aliphatic heterocycles. The van der Waals surface area contributed by atoms with Gasteiger partial charge in [-0.05, 0) is 97.4 Å². The fraction of sp³-hybridized carbons (Fsp3) is 0.267. The number of carbonyl (C=O) groups excluding carboxylic acids is 1. The number of pyridine rings is 1. The maximum atomic E-state index is 12.9. The number of hydrogen-bond donors (Lipinski definition) is 1. The third-order valence-corrected chi connectivity index (χ3v) is 6.78. The van der Waals surface area contributed by atoms with Crippen LogP contribution in [0.15, 0.2) is 72.9 Å². The lowest BCUT2D eigenvalue weighted by Gasteiger charge is -2.15. The number of fused-ring (bicyclic) bond motifs is 1. The molecule has 0 aliphatic carbocycles. The highest BCUT2D eigenvalue weighted by Gasteiger charge is 2.13. The van der Waals surface area contributed by atoms with E-state index in [1.807, 2.05) is 43.5 Å². The minimum Gasteiger partial charge on any atom is -0.322 e. The summed E-state index contributed by atoms with van der Waals surface area (Å²) in [4.78, 5) is 20.1. The molecule has 5 rings (SSSR count). The van der Waals surface area contributed by atoms with Crippen LogP contribution in [0, 0.1) is 6.92 Å². The Balaban J connectivity index is 1.30. The van der Waals surface area contributed by atoms with Gasteiger partial charge in [0.15, 0.2) is 0 Å². The maximum absolute atomic E-state index is 12.9. The van der Waals surface area contributed by atoms with E-state index in [2.05, 4.69) is 58.5 Å². The van der Waals surface area contributed by atoms with Crippen LogP contribution in [-0.2, 0) is 13.0 Å². The molecule has 0 bridgehead atoms. The van der Waals surface area contributed by atoms with Gasteiger partial charge in [0, 0.05) is 29.4 Å². The van der Waals surface area contributed by atoms with E-state index >= 15 is 0 Å². The van der Waals surface area contributed by atoms with Crippen LogP contribution in [0.5, 0.6) is 0 Å². The second-order valence-corrected chi connectivity index (χ2v) is 9.27. The van der Waals surface area contributed by atoms with Crippen molar-refractivity contribution < 1.29 is 4.79 Å². The van der Waals surface area contributed by atoms with Crippen LogP contribution in [0.4, 0.5) is 5.69 Å². The molecule has 0 spiro atoms. The largest absolute Gasteiger partial charge is 0.322 e. The first kappa shape index (κ1) is 22.3. The molecule has 1 N–H and O–H groups in total. The third-order valence-electron chi connectivity index (χ3n) is 6.78. The Bertz CT molecular complexity index is 1300. The molecule has 1 saturated heterocycles. The van der Waals surface area contributed by atoms with Crippen LogP contribution in [0.25, 0.3) is 22.0 Å².